The average Bonchev–Trinajstić information content (AvgIpc) is 2.15. The minimum atomic E-state index is 0.200. The van der Waals surface area contributed by atoms with E-state index < -0.39 is 0 Å². The summed E-state index contributed by atoms with van der Waals surface area (Å²) < 4.78 is 0. The van der Waals surface area contributed by atoms with E-state index in [1.165, 1.54) is 12.1 Å². The van der Waals surface area contributed by atoms with Crippen LogP contribution in [-0.4, -0.2) is 30.5 Å². The average molecular weight is 182 g/mol. The Balaban J connectivity index is 2.55. The number of hydrogen-bond donors (Lipinski definition) is 3. The number of anilines is 1. The zero-order chi connectivity index (χ0) is 9.68. The topological polar surface area (TPSA) is 55.7 Å². The van der Waals surface area contributed by atoms with E-state index in [0.717, 1.165) is 5.06 Å². The van der Waals surface area contributed by atoms with Crippen LogP contribution in [0, 0.1) is 0 Å². The molecule has 0 amide bonds. The fourth-order valence-corrected chi connectivity index (χ4v) is 0.972. The van der Waals surface area contributed by atoms with E-state index in [2.05, 4.69) is 5.32 Å². The first kappa shape index (κ1) is 9.83. The molecule has 0 bridgehead atoms. The first-order valence-electron chi connectivity index (χ1n) is 4.14. The van der Waals surface area contributed by atoms with Crippen molar-refractivity contribution in [2.24, 2.45) is 0 Å². The standard InChI is InChI=1S/C9H14N2O2/c1-10-6-7-11(13)8-2-4-9(12)5-3-8/h2-5,10,12-13H,6-7H2,1H3. The highest BCUT2D eigenvalue weighted by molar-refractivity contribution is 5.46. The summed E-state index contributed by atoms with van der Waals surface area (Å²) in [4.78, 5) is 0. The third-order valence-corrected chi connectivity index (χ3v) is 1.72. The highest BCUT2D eigenvalue weighted by Crippen LogP contribution is 2.16. The molecular weight excluding hydrogens is 168 g/mol. The molecule has 0 atom stereocenters. The molecule has 4 nitrogen and oxygen atoms in total. The summed E-state index contributed by atoms with van der Waals surface area (Å²) in [5.74, 6) is 0.200. The van der Waals surface area contributed by atoms with Gasteiger partial charge in [-0.3, -0.25) is 10.3 Å². The fraction of sp³-hybridized carbons (Fsp3) is 0.333. The van der Waals surface area contributed by atoms with Crippen molar-refractivity contribution in [2.45, 2.75) is 0 Å². The van der Waals surface area contributed by atoms with Gasteiger partial charge in [0.05, 0.1) is 12.2 Å². The Morgan fingerprint density at radius 1 is 1.31 bits per heavy atom. The van der Waals surface area contributed by atoms with Gasteiger partial charge >= 0.3 is 0 Å². The first-order chi connectivity index (χ1) is 6.24. The Kier molecular flexibility index (Phi) is 3.54. The predicted molar refractivity (Wildman–Crippen MR) is 51.2 cm³/mol. The maximum atomic E-state index is 9.45. The lowest BCUT2D eigenvalue weighted by Gasteiger charge is -2.16. The molecule has 1 aromatic carbocycles. The fourth-order valence-electron chi connectivity index (χ4n) is 0.972. The number of likely N-dealkylation sites (N-methyl/N-ethyl adjacent to an activating group) is 1. The van der Waals surface area contributed by atoms with Crippen LogP contribution in [0.5, 0.6) is 5.75 Å². The van der Waals surface area contributed by atoms with Crippen LogP contribution < -0.4 is 10.4 Å². The number of hydrogen-bond acceptors (Lipinski definition) is 4. The van der Waals surface area contributed by atoms with Crippen LogP contribution in [0.4, 0.5) is 5.69 Å². The molecule has 0 aliphatic rings. The monoisotopic (exact) mass is 182 g/mol. The van der Waals surface area contributed by atoms with Gasteiger partial charge in [-0.15, -0.1) is 0 Å². The van der Waals surface area contributed by atoms with Crippen molar-refractivity contribution in [1.82, 2.24) is 5.32 Å². The summed E-state index contributed by atoms with van der Waals surface area (Å²) in [6.07, 6.45) is 0. The smallest absolute Gasteiger partial charge is 0.115 e. The number of phenols is 1. The highest BCUT2D eigenvalue weighted by atomic mass is 16.5. The van der Waals surface area contributed by atoms with Gasteiger partial charge in [-0.1, -0.05) is 0 Å². The largest absolute Gasteiger partial charge is 0.508 e. The third-order valence-electron chi connectivity index (χ3n) is 1.72. The third kappa shape index (κ3) is 2.93. The van der Waals surface area contributed by atoms with E-state index in [4.69, 9.17) is 5.11 Å². The molecule has 0 radical (unpaired) electrons. The molecule has 1 rings (SSSR count). The van der Waals surface area contributed by atoms with Crippen molar-refractivity contribution in [3.63, 3.8) is 0 Å². The van der Waals surface area contributed by atoms with E-state index >= 15 is 0 Å². The summed E-state index contributed by atoms with van der Waals surface area (Å²) in [5.41, 5.74) is 0.674. The number of benzene rings is 1. The van der Waals surface area contributed by atoms with Crippen molar-refractivity contribution >= 4 is 5.69 Å². The van der Waals surface area contributed by atoms with Crippen molar-refractivity contribution in [2.75, 3.05) is 25.2 Å². The molecule has 0 aromatic heterocycles. The normalized spacial score (nSPS) is 10.0. The van der Waals surface area contributed by atoms with Crippen LogP contribution in [0.25, 0.3) is 0 Å². The van der Waals surface area contributed by atoms with Gasteiger partial charge in [0.1, 0.15) is 5.75 Å². The Morgan fingerprint density at radius 3 is 2.46 bits per heavy atom. The van der Waals surface area contributed by atoms with E-state index in [0.29, 0.717) is 18.8 Å². The van der Waals surface area contributed by atoms with Gasteiger partial charge in [0.25, 0.3) is 0 Å². The van der Waals surface area contributed by atoms with Crippen LogP contribution in [0.2, 0.25) is 0 Å². The van der Waals surface area contributed by atoms with Gasteiger partial charge < -0.3 is 10.4 Å². The van der Waals surface area contributed by atoms with E-state index in [9.17, 15) is 5.21 Å². The molecule has 0 heterocycles. The van der Waals surface area contributed by atoms with Crippen molar-refractivity contribution < 1.29 is 10.3 Å². The number of aromatic hydroxyl groups is 1. The van der Waals surface area contributed by atoms with E-state index in [-0.39, 0.29) is 5.75 Å². The second-order valence-corrected chi connectivity index (χ2v) is 2.74. The second kappa shape index (κ2) is 4.69. The molecule has 0 aliphatic carbocycles. The zero-order valence-corrected chi connectivity index (χ0v) is 7.57. The van der Waals surface area contributed by atoms with Gasteiger partial charge in [0.15, 0.2) is 0 Å². The van der Waals surface area contributed by atoms with Gasteiger partial charge in [0, 0.05) is 6.54 Å². The van der Waals surface area contributed by atoms with E-state index in [1.54, 1.807) is 12.1 Å². The predicted octanol–water partition coefficient (Wildman–Crippen LogP) is 0.807. The second-order valence-electron chi connectivity index (χ2n) is 2.74. The highest BCUT2D eigenvalue weighted by Gasteiger charge is 2.00. The lowest BCUT2D eigenvalue weighted by Crippen LogP contribution is -2.27. The molecular formula is C9H14N2O2. The molecule has 0 aliphatic heterocycles. The summed E-state index contributed by atoms with van der Waals surface area (Å²) in [6.45, 7) is 1.22. The lowest BCUT2D eigenvalue weighted by molar-refractivity contribution is 0.254. The number of hydroxylamine groups is 1. The SMILES string of the molecule is CNCCN(O)c1ccc(O)cc1. The molecule has 0 saturated carbocycles. The molecule has 1 aromatic rings. The van der Waals surface area contributed by atoms with Gasteiger partial charge in [0.2, 0.25) is 0 Å². The minimum absolute atomic E-state index is 0.200. The number of nitrogens with zero attached hydrogens (tertiary/aromatic N) is 1. The van der Waals surface area contributed by atoms with Gasteiger partial charge in [-0.2, -0.15) is 0 Å². The Morgan fingerprint density at radius 2 is 1.92 bits per heavy atom. The first-order valence-corrected chi connectivity index (χ1v) is 4.14. The Labute approximate surface area is 77.4 Å². The minimum Gasteiger partial charge on any atom is -0.508 e. The van der Waals surface area contributed by atoms with Crippen LogP contribution in [0.1, 0.15) is 0 Å². The zero-order valence-electron chi connectivity index (χ0n) is 7.57. The van der Waals surface area contributed by atoms with Crippen LogP contribution in [0.3, 0.4) is 0 Å². The van der Waals surface area contributed by atoms with Crippen molar-refractivity contribution in [3.8, 4) is 5.75 Å². The Bertz CT molecular complexity index is 248. The summed E-state index contributed by atoms with van der Waals surface area (Å²) >= 11 is 0. The summed E-state index contributed by atoms with van der Waals surface area (Å²) in [7, 11) is 1.82. The number of nitrogens with one attached hydrogen (secondary N) is 1. The molecule has 0 fully saturated rings. The van der Waals surface area contributed by atoms with Gasteiger partial charge in [-0.05, 0) is 31.3 Å². The molecule has 0 spiro atoms. The molecule has 3 N–H and O–H groups in total. The lowest BCUT2D eigenvalue weighted by atomic mass is 10.3. The maximum Gasteiger partial charge on any atom is 0.115 e. The van der Waals surface area contributed by atoms with E-state index in [1.807, 2.05) is 7.05 Å². The maximum absolute atomic E-state index is 9.45. The van der Waals surface area contributed by atoms with Gasteiger partial charge in [-0.25, -0.2) is 0 Å². The molecule has 4 heteroatoms. The van der Waals surface area contributed by atoms with Crippen molar-refractivity contribution in [1.29, 1.82) is 0 Å². The summed E-state index contributed by atoms with van der Waals surface area (Å²) in [5, 5.41) is 22.5. The van der Waals surface area contributed by atoms with Crippen LogP contribution in [0.15, 0.2) is 24.3 Å². The summed E-state index contributed by atoms with van der Waals surface area (Å²) in [6, 6.07) is 6.39. The molecule has 0 saturated heterocycles. The molecule has 13 heavy (non-hydrogen) atoms. The van der Waals surface area contributed by atoms with Crippen LogP contribution >= 0.6 is 0 Å². The van der Waals surface area contributed by atoms with Crippen molar-refractivity contribution in [3.05, 3.63) is 24.3 Å². The van der Waals surface area contributed by atoms with Crippen LogP contribution in [-0.2, 0) is 0 Å². The quantitative estimate of drug-likeness (QED) is 0.603. The molecule has 72 valence electrons. The molecule has 0 unspecified atom stereocenters. The number of phenolic OH excluding ortho intramolecular Hbond substituents is 1. The number of rotatable bonds is 4. The Hall–Kier alpha value is -1.26.